The van der Waals surface area contributed by atoms with Gasteiger partial charge in [0.25, 0.3) is 5.91 Å². The Kier molecular flexibility index (Phi) is 5.92. The highest BCUT2D eigenvalue weighted by Crippen LogP contribution is 2.31. The molecule has 7 heteroatoms. The van der Waals surface area contributed by atoms with Crippen LogP contribution in [0.25, 0.3) is 0 Å². The topological polar surface area (TPSA) is 57.7 Å². The van der Waals surface area contributed by atoms with Gasteiger partial charge in [0.05, 0.1) is 18.5 Å². The van der Waals surface area contributed by atoms with Crippen LogP contribution < -0.4 is 4.31 Å². The number of nitrogens with zero attached hydrogens (tertiary/aromatic N) is 2. The van der Waals surface area contributed by atoms with Crippen molar-refractivity contribution >= 4 is 33.0 Å². The predicted molar refractivity (Wildman–Crippen MR) is 122 cm³/mol. The molecule has 3 aromatic rings. The third kappa shape index (κ3) is 4.57. The van der Waals surface area contributed by atoms with E-state index in [1.807, 2.05) is 46.7 Å². The van der Waals surface area contributed by atoms with Gasteiger partial charge in [-0.05, 0) is 53.6 Å². The van der Waals surface area contributed by atoms with Gasteiger partial charge in [-0.2, -0.15) is 0 Å². The average Bonchev–Trinajstić information content (AvgIpc) is 3.40. The summed E-state index contributed by atoms with van der Waals surface area (Å²) in [5.41, 5.74) is 3.39. The third-order valence-electron chi connectivity index (χ3n) is 5.31. The Morgan fingerprint density at radius 1 is 1.10 bits per heavy atom. The highest BCUT2D eigenvalue weighted by atomic mass is 32.2. The van der Waals surface area contributed by atoms with Crippen molar-refractivity contribution in [2.75, 3.05) is 23.7 Å². The Morgan fingerprint density at radius 2 is 1.90 bits per heavy atom. The van der Waals surface area contributed by atoms with Crippen molar-refractivity contribution in [2.24, 2.45) is 0 Å². The lowest BCUT2D eigenvalue weighted by molar-refractivity contribution is 0.0746. The fourth-order valence-corrected chi connectivity index (χ4v) is 5.46. The summed E-state index contributed by atoms with van der Waals surface area (Å²) in [4.78, 5) is 16.4. The highest BCUT2D eigenvalue weighted by molar-refractivity contribution is 7.92. The molecule has 0 atom stereocenters. The van der Waals surface area contributed by atoms with E-state index in [1.165, 1.54) is 16.1 Å². The molecule has 2 heterocycles. The van der Waals surface area contributed by atoms with Gasteiger partial charge in [-0.25, -0.2) is 8.42 Å². The summed E-state index contributed by atoms with van der Waals surface area (Å²) in [6.45, 7) is 1.61. The smallest absolute Gasteiger partial charge is 0.254 e. The van der Waals surface area contributed by atoms with Crippen LogP contribution in [0, 0.1) is 0 Å². The molecule has 1 aliphatic heterocycles. The summed E-state index contributed by atoms with van der Waals surface area (Å²) < 4.78 is 25.4. The number of carbonyl (C=O) groups is 1. The van der Waals surface area contributed by atoms with Crippen molar-refractivity contribution in [3.8, 4) is 0 Å². The largest absolute Gasteiger partial charge is 0.333 e. The summed E-state index contributed by atoms with van der Waals surface area (Å²) in [5.74, 6) is -0.0278. The summed E-state index contributed by atoms with van der Waals surface area (Å²) >= 11 is 1.64. The van der Waals surface area contributed by atoms with Crippen molar-refractivity contribution in [1.29, 1.82) is 0 Å². The molecule has 0 bridgehead atoms. The Morgan fingerprint density at radius 3 is 2.60 bits per heavy atom. The Balaban J connectivity index is 1.56. The molecule has 0 fully saturated rings. The number of amides is 1. The molecule has 2 aromatic carbocycles. The number of carbonyl (C=O) groups excluding carboxylic acids is 1. The molecular weight excluding hydrogens is 416 g/mol. The molecule has 0 saturated heterocycles. The van der Waals surface area contributed by atoms with Crippen LogP contribution in [0.15, 0.2) is 66.0 Å². The van der Waals surface area contributed by atoms with E-state index in [-0.39, 0.29) is 5.91 Å². The van der Waals surface area contributed by atoms with Gasteiger partial charge in [-0.1, -0.05) is 36.4 Å². The molecule has 0 aliphatic carbocycles. The third-order valence-corrected chi connectivity index (χ3v) is 7.35. The first-order chi connectivity index (χ1) is 14.4. The number of anilines is 1. The first kappa shape index (κ1) is 20.6. The van der Waals surface area contributed by atoms with E-state index in [9.17, 15) is 13.2 Å². The standard InChI is InChI=1S/C23H24N2O3S2/c1-30(27,28)25-14-12-19-16-20(9-10-22(19)25)23(26)24(17-21-8-5-15-29-21)13-11-18-6-3-2-4-7-18/h2-10,15-16H,11-14,17H2,1H3. The molecular formula is C23H24N2O3S2. The normalized spacial score (nSPS) is 13.3. The maximum Gasteiger partial charge on any atom is 0.254 e. The van der Waals surface area contributed by atoms with E-state index in [2.05, 4.69) is 12.1 Å². The summed E-state index contributed by atoms with van der Waals surface area (Å²) in [5, 5.41) is 2.02. The van der Waals surface area contributed by atoms with Gasteiger partial charge < -0.3 is 4.90 Å². The van der Waals surface area contributed by atoms with Gasteiger partial charge in [0.15, 0.2) is 0 Å². The Labute approximate surface area is 181 Å². The molecule has 1 aliphatic rings. The van der Waals surface area contributed by atoms with Crippen LogP contribution in [0.5, 0.6) is 0 Å². The quantitative estimate of drug-likeness (QED) is 0.559. The molecule has 5 nitrogen and oxygen atoms in total. The number of hydrogen-bond donors (Lipinski definition) is 0. The summed E-state index contributed by atoms with van der Waals surface area (Å²) in [6.07, 6.45) is 2.62. The molecule has 1 aromatic heterocycles. The Bertz CT molecular complexity index is 1130. The zero-order valence-corrected chi connectivity index (χ0v) is 18.5. The first-order valence-corrected chi connectivity index (χ1v) is 12.6. The lowest BCUT2D eigenvalue weighted by atomic mass is 10.1. The lowest BCUT2D eigenvalue weighted by Gasteiger charge is -2.23. The minimum atomic E-state index is -3.30. The number of thiophene rings is 1. The van der Waals surface area contributed by atoms with E-state index in [0.29, 0.717) is 37.3 Å². The second kappa shape index (κ2) is 8.62. The Hall–Kier alpha value is -2.64. The fourth-order valence-electron chi connectivity index (χ4n) is 3.78. The fraction of sp³-hybridized carbons (Fsp3) is 0.261. The minimum Gasteiger partial charge on any atom is -0.333 e. The van der Waals surface area contributed by atoms with Crippen LogP contribution in [0.4, 0.5) is 5.69 Å². The van der Waals surface area contributed by atoms with Crippen LogP contribution in [0.1, 0.15) is 26.4 Å². The van der Waals surface area contributed by atoms with Crippen molar-refractivity contribution in [3.05, 3.63) is 87.6 Å². The van der Waals surface area contributed by atoms with E-state index < -0.39 is 10.0 Å². The van der Waals surface area contributed by atoms with Crippen LogP contribution in [-0.4, -0.2) is 38.6 Å². The number of fused-ring (bicyclic) bond motifs is 1. The molecule has 0 saturated carbocycles. The van der Waals surface area contributed by atoms with Crippen molar-refractivity contribution in [2.45, 2.75) is 19.4 Å². The van der Waals surface area contributed by atoms with Crippen molar-refractivity contribution in [3.63, 3.8) is 0 Å². The number of hydrogen-bond acceptors (Lipinski definition) is 4. The SMILES string of the molecule is CS(=O)(=O)N1CCc2cc(C(=O)N(CCc3ccccc3)Cc3cccs3)ccc21. The van der Waals surface area contributed by atoms with E-state index in [4.69, 9.17) is 0 Å². The number of sulfonamides is 1. The van der Waals surface area contributed by atoms with Crippen molar-refractivity contribution < 1.29 is 13.2 Å². The molecule has 0 N–H and O–H groups in total. The lowest BCUT2D eigenvalue weighted by Crippen LogP contribution is -2.32. The number of benzene rings is 2. The van der Waals surface area contributed by atoms with Crippen molar-refractivity contribution in [1.82, 2.24) is 4.90 Å². The summed E-state index contributed by atoms with van der Waals surface area (Å²) in [7, 11) is -3.30. The van der Waals surface area contributed by atoms with E-state index >= 15 is 0 Å². The first-order valence-electron chi connectivity index (χ1n) is 9.88. The van der Waals surface area contributed by atoms with Crippen LogP contribution in [0.2, 0.25) is 0 Å². The van der Waals surface area contributed by atoms with Gasteiger partial charge >= 0.3 is 0 Å². The molecule has 30 heavy (non-hydrogen) atoms. The van der Waals surface area contributed by atoms with Gasteiger partial charge in [0, 0.05) is 23.5 Å². The second-order valence-electron chi connectivity index (χ2n) is 7.47. The van der Waals surface area contributed by atoms with Crippen LogP contribution in [0.3, 0.4) is 0 Å². The maximum atomic E-state index is 13.4. The predicted octanol–water partition coefficient (Wildman–Crippen LogP) is 3.96. The second-order valence-corrected chi connectivity index (χ2v) is 10.4. The monoisotopic (exact) mass is 440 g/mol. The van der Waals surface area contributed by atoms with E-state index in [1.54, 1.807) is 23.5 Å². The molecule has 0 radical (unpaired) electrons. The maximum absolute atomic E-state index is 13.4. The zero-order chi connectivity index (χ0) is 21.1. The average molecular weight is 441 g/mol. The van der Waals surface area contributed by atoms with Gasteiger partial charge in [0.1, 0.15) is 0 Å². The molecule has 0 unspecified atom stereocenters. The van der Waals surface area contributed by atoms with Gasteiger partial charge in [-0.3, -0.25) is 9.10 Å². The number of rotatable bonds is 7. The molecule has 4 rings (SSSR count). The molecule has 156 valence electrons. The molecule has 1 amide bonds. The van der Waals surface area contributed by atoms with Crippen LogP contribution in [-0.2, 0) is 29.4 Å². The van der Waals surface area contributed by atoms with Crippen LogP contribution >= 0.6 is 11.3 Å². The summed E-state index contributed by atoms with van der Waals surface area (Å²) in [6, 6.07) is 19.5. The highest BCUT2D eigenvalue weighted by Gasteiger charge is 2.27. The zero-order valence-electron chi connectivity index (χ0n) is 16.8. The minimum absolute atomic E-state index is 0.0278. The van der Waals surface area contributed by atoms with Gasteiger partial charge in [-0.15, -0.1) is 11.3 Å². The van der Waals surface area contributed by atoms with Gasteiger partial charge in [0.2, 0.25) is 10.0 Å². The van der Waals surface area contributed by atoms with E-state index in [0.717, 1.165) is 16.9 Å². The molecule has 0 spiro atoms.